The number of aromatic nitrogens is 5. The fourth-order valence-corrected chi connectivity index (χ4v) is 1.46. The average molecular weight is 239 g/mol. The van der Waals surface area contributed by atoms with Crippen LogP contribution in [0.2, 0.25) is 0 Å². The van der Waals surface area contributed by atoms with Gasteiger partial charge in [-0.25, -0.2) is 9.67 Å². The number of aliphatic hydroxyl groups excluding tert-OH is 2. The Morgan fingerprint density at radius 2 is 2.29 bits per heavy atom. The molecular formula is C9H13N5O3. The number of H-pyrrole nitrogens is 1. The van der Waals surface area contributed by atoms with Gasteiger partial charge < -0.3 is 15.2 Å². The van der Waals surface area contributed by atoms with Crippen LogP contribution in [0.3, 0.4) is 0 Å². The molecular weight excluding hydrogens is 226 g/mol. The molecule has 0 aliphatic heterocycles. The first-order chi connectivity index (χ1) is 8.15. The van der Waals surface area contributed by atoms with Crippen molar-refractivity contribution < 1.29 is 10.2 Å². The molecule has 0 aliphatic carbocycles. The van der Waals surface area contributed by atoms with Gasteiger partial charge in [-0.1, -0.05) is 12.1 Å². The molecule has 0 aromatic carbocycles. The molecule has 2 aromatic rings. The Morgan fingerprint density at radius 1 is 1.53 bits per heavy atom. The molecule has 0 aliphatic rings. The zero-order valence-corrected chi connectivity index (χ0v) is 9.29. The molecule has 2 aromatic heterocycles. The number of nitrogens with zero attached hydrogens (tertiary/aromatic N) is 4. The Kier molecular flexibility index (Phi) is 3.16. The zero-order valence-electron chi connectivity index (χ0n) is 9.29. The Labute approximate surface area is 95.9 Å². The zero-order chi connectivity index (χ0) is 12.4. The van der Waals surface area contributed by atoms with E-state index in [9.17, 15) is 9.90 Å². The minimum Gasteiger partial charge on any atom is -0.394 e. The topological polar surface area (TPSA) is 117 Å². The van der Waals surface area contributed by atoms with E-state index in [1.807, 2.05) is 6.92 Å². The van der Waals surface area contributed by atoms with Crippen LogP contribution in [-0.4, -0.2) is 47.9 Å². The van der Waals surface area contributed by atoms with Gasteiger partial charge in [-0.2, -0.15) is 0 Å². The Bertz CT molecular complexity index is 576. The van der Waals surface area contributed by atoms with E-state index in [0.717, 1.165) is 0 Å². The summed E-state index contributed by atoms with van der Waals surface area (Å²) in [6.07, 6.45) is -0.370. The van der Waals surface area contributed by atoms with Crippen LogP contribution in [0.25, 0.3) is 11.2 Å². The van der Waals surface area contributed by atoms with Crippen molar-refractivity contribution in [2.45, 2.75) is 26.0 Å². The smallest absolute Gasteiger partial charge is 0.281 e. The first kappa shape index (κ1) is 11.7. The summed E-state index contributed by atoms with van der Waals surface area (Å²) in [7, 11) is 0. The van der Waals surface area contributed by atoms with Gasteiger partial charge in [0.15, 0.2) is 11.2 Å². The Morgan fingerprint density at radius 3 is 2.94 bits per heavy atom. The van der Waals surface area contributed by atoms with Crippen LogP contribution in [0.5, 0.6) is 0 Å². The molecule has 8 heteroatoms. The summed E-state index contributed by atoms with van der Waals surface area (Å²) in [6, 6.07) is 0. The van der Waals surface area contributed by atoms with Gasteiger partial charge in [-0.05, 0) is 0 Å². The second-order valence-electron chi connectivity index (χ2n) is 3.65. The number of nitrogens with one attached hydrogen (secondary N) is 1. The summed E-state index contributed by atoms with van der Waals surface area (Å²) >= 11 is 0. The van der Waals surface area contributed by atoms with Crippen LogP contribution in [0.1, 0.15) is 12.7 Å². The minimum atomic E-state index is -0.953. The lowest BCUT2D eigenvalue weighted by Gasteiger charge is -2.06. The molecule has 2 heterocycles. The third kappa shape index (κ3) is 2.17. The predicted octanol–water partition coefficient (Wildman–Crippen LogP) is -1.57. The van der Waals surface area contributed by atoms with E-state index in [0.29, 0.717) is 17.9 Å². The van der Waals surface area contributed by atoms with E-state index in [-0.39, 0.29) is 24.2 Å². The van der Waals surface area contributed by atoms with Crippen molar-refractivity contribution in [2.75, 3.05) is 6.61 Å². The molecule has 1 atom stereocenters. The lowest BCUT2D eigenvalue weighted by Crippen LogP contribution is -2.21. The van der Waals surface area contributed by atoms with Gasteiger partial charge in [0.25, 0.3) is 5.56 Å². The largest absolute Gasteiger partial charge is 0.394 e. The van der Waals surface area contributed by atoms with Crippen LogP contribution in [0.4, 0.5) is 0 Å². The molecule has 3 N–H and O–H groups in total. The van der Waals surface area contributed by atoms with E-state index in [1.54, 1.807) is 0 Å². The van der Waals surface area contributed by atoms with Crippen molar-refractivity contribution in [3.63, 3.8) is 0 Å². The lowest BCUT2D eigenvalue weighted by molar-refractivity contribution is 0.0787. The molecule has 2 rings (SSSR count). The van der Waals surface area contributed by atoms with E-state index in [1.165, 1.54) is 4.68 Å². The predicted molar refractivity (Wildman–Crippen MR) is 58.4 cm³/mol. The van der Waals surface area contributed by atoms with Crippen LogP contribution in [-0.2, 0) is 13.0 Å². The maximum absolute atomic E-state index is 11.6. The highest BCUT2D eigenvalue weighted by atomic mass is 16.3. The van der Waals surface area contributed by atoms with Crippen LogP contribution >= 0.6 is 0 Å². The molecule has 0 bridgehead atoms. The summed E-state index contributed by atoms with van der Waals surface area (Å²) in [5.74, 6) is 0.532. The van der Waals surface area contributed by atoms with Crippen molar-refractivity contribution in [3.8, 4) is 0 Å². The third-order valence-corrected chi connectivity index (χ3v) is 2.35. The number of aryl methyl sites for hydroxylation is 1. The van der Waals surface area contributed by atoms with Crippen molar-refractivity contribution in [3.05, 3.63) is 16.2 Å². The maximum Gasteiger partial charge on any atom is 0.281 e. The van der Waals surface area contributed by atoms with Crippen molar-refractivity contribution >= 4 is 11.2 Å². The quantitative estimate of drug-likeness (QED) is 0.593. The molecule has 8 nitrogen and oxygen atoms in total. The van der Waals surface area contributed by atoms with E-state index in [4.69, 9.17) is 5.11 Å². The SMILES string of the molecule is CCc1nc2c(nnn2C[C@@H](O)CO)c(=O)[nH]1. The van der Waals surface area contributed by atoms with Gasteiger partial charge in [-0.15, -0.1) is 5.10 Å². The molecule has 17 heavy (non-hydrogen) atoms. The summed E-state index contributed by atoms with van der Waals surface area (Å²) in [6.45, 7) is 1.53. The second-order valence-corrected chi connectivity index (χ2v) is 3.65. The molecule has 0 saturated heterocycles. The number of fused-ring (bicyclic) bond motifs is 1. The minimum absolute atomic E-state index is 0.0482. The standard InChI is InChI=1S/C9H13N5O3/c1-2-6-10-8-7(9(17)11-6)12-13-14(8)3-5(16)4-15/h5,15-16H,2-4H2,1H3,(H,10,11,17)/t5-/m1/s1. The van der Waals surface area contributed by atoms with E-state index in [2.05, 4.69) is 20.3 Å². The third-order valence-electron chi connectivity index (χ3n) is 2.35. The average Bonchev–Trinajstić information content (AvgIpc) is 2.72. The number of hydrogen-bond acceptors (Lipinski definition) is 6. The fraction of sp³-hybridized carbons (Fsp3) is 0.556. The molecule has 0 radical (unpaired) electrons. The van der Waals surface area contributed by atoms with Crippen LogP contribution in [0.15, 0.2) is 4.79 Å². The monoisotopic (exact) mass is 239 g/mol. The van der Waals surface area contributed by atoms with Gasteiger partial charge in [0.05, 0.1) is 19.3 Å². The van der Waals surface area contributed by atoms with Crippen molar-refractivity contribution in [2.24, 2.45) is 0 Å². The molecule has 0 saturated carbocycles. The maximum atomic E-state index is 11.6. The lowest BCUT2D eigenvalue weighted by atomic mass is 10.4. The normalized spacial score (nSPS) is 13.1. The number of hydrogen-bond donors (Lipinski definition) is 3. The molecule has 92 valence electrons. The molecule has 0 fully saturated rings. The summed E-state index contributed by atoms with van der Waals surface area (Å²) < 4.78 is 1.31. The highest BCUT2D eigenvalue weighted by molar-refractivity contribution is 5.67. The summed E-state index contributed by atoms with van der Waals surface area (Å²) in [5, 5.41) is 25.5. The first-order valence-electron chi connectivity index (χ1n) is 5.27. The highest BCUT2D eigenvalue weighted by Gasteiger charge is 2.13. The van der Waals surface area contributed by atoms with E-state index < -0.39 is 6.10 Å². The van der Waals surface area contributed by atoms with Crippen molar-refractivity contribution in [1.82, 2.24) is 25.0 Å². The Balaban J connectivity index is 2.51. The van der Waals surface area contributed by atoms with Crippen LogP contribution in [0, 0.1) is 0 Å². The van der Waals surface area contributed by atoms with Crippen LogP contribution < -0.4 is 5.56 Å². The molecule has 0 amide bonds. The summed E-state index contributed by atoms with van der Waals surface area (Å²) in [4.78, 5) is 18.4. The van der Waals surface area contributed by atoms with Gasteiger partial charge in [-0.3, -0.25) is 4.79 Å². The first-order valence-corrected chi connectivity index (χ1v) is 5.27. The Hall–Kier alpha value is -1.80. The fourth-order valence-electron chi connectivity index (χ4n) is 1.46. The van der Waals surface area contributed by atoms with Gasteiger partial charge >= 0.3 is 0 Å². The second kappa shape index (κ2) is 4.60. The molecule has 0 spiro atoms. The summed E-state index contributed by atoms with van der Waals surface area (Å²) in [5.41, 5.74) is 0.0991. The van der Waals surface area contributed by atoms with Gasteiger partial charge in [0, 0.05) is 6.42 Å². The van der Waals surface area contributed by atoms with Gasteiger partial charge in [0.2, 0.25) is 0 Å². The van der Waals surface area contributed by atoms with Crippen molar-refractivity contribution in [1.29, 1.82) is 0 Å². The number of rotatable bonds is 4. The molecule has 0 unspecified atom stereocenters. The number of aromatic amines is 1. The number of aliphatic hydroxyl groups is 2. The van der Waals surface area contributed by atoms with Gasteiger partial charge in [0.1, 0.15) is 5.82 Å². The van der Waals surface area contributed by atoms with E-state index >= 15 is 0 Å². The highest BCUT2D eigenvalue weighted by Crippen LogP contribution is 2.04.